The molecule has 1 aliphatic rings. The molecule has 0 spiro atoms. The first kappa shape index (κ1) is 44.3. The van der Waals surface area contributed by atoms with Crippen LogP contribution in [0.4, 0.5) is 0 Å². The van der Waals surface area contributed by atoms with Gasteiger partial charge in [0.25, 0.3) is 0 Å². The normalized spacial score (nSPS) is 15.9. The van der Waals surface area contributed by atoms with Crippen molar-refractivity contribution in [1.82, 2.24) is 35.5 Å². The van der Waals surface area contributed by atoms with Crippen LogP contribution in [0.5, 0.6) is 5.88 Å². The number of aliphatic hydroxyl groups excluding tert-OH is 1. The third kappa shape index (κ3) is 11.2. The van der Waals surface area contributed by atoms with E-state index in [1.165, 1.54) is 4.90 Å². The number of amides is 3. The number of aromatic amines is 1. The molecule has 0 radical (unpaired) electrons. The van der Waals surface area contributed by atoms with E-state index in [-0.39, 0.29) is 45.2 Å². The highest BCUT2D eigenvalue weighted by Crippen LogP contribution is 2.31. The van der Waals surface area contributed by atoms with Gasteiger partial charge in [0.1, 0.15) is 25.3 Å². The number of nitrogens with zero attached hydrogens (tertiary/aromatic N) is 4. The van der Waals surface area contributed by atoms with Crippen molar-refractivity contribution in [2.24, 2.45) is 5.41 Å². The number of nitrogens with one attached hydrogen (secondary N) is 3. The van der Waals surface area contributed by atoms with Crippen molar-refractivity contribution in [2.75, 3.05) is 52.8 Å². The summed E-state index contributed by atoms with van der Waals surface area (Å²) < 4.78 is 22.4. The Hall–Kier alpha value is -5.78. The van der Waals surface area contributed by atoms with Crippen LogP contribution in [0.2, 0.25) is 0 Å². The monoisotopic (exact) mass is 863 g/mol. The molecule has 62 heavy (non-hydrogen) atoms. The lowest BCUT2D eigenvalue weighted by Crippen LogP contribution is -2.58. The van der Waals surface area contributed by atoms with Crippen molar-refractivity contribution in [3.8, 4) is 27.4 Å². The second-order valence-corrected chi connectivity index (χ2v) is 17.1. The van der Waals surface area contributed by atoms with Gasteiger partial charge in [-0.05, 0) is 47.2 Å². The average molecular weight is 864 g/mol. The maximum atomic E-state index is 13.9. The van der Waals surface area contributed by atoms with Gasteiger partial charge in [-0.15, -0.1) is 11.3 Å². The largest absolute Gasteiger partial charge is 0.475 e. The van der Waals surface area contributed by atoms with Crippen molar-refractivity contribution in [3.63, 3.8) is 0 Å². The summed E-state index contributed by atoms with van der Waals surface area (Å²) in [6.07, 6.45) is 4.67. The van der Waals surface area contributed by atoms with Crippen LogP contribution >= 0.6 is 11.3 Å². The molecule has 0 aliphatic carbocycles. The fourth-order valence-corrected chi connectivity index (χ4v) is 8.17. The second kappa shape index (κ2) is 20.4. The number of aryl methyl sites for hydroxylation is 1. The van der Waals surface area contributed by atoms with Gasteiger partial charge in [-0.2, -0.15) is 0 Å². The van der Waals surface area contributed by atoms with E-state index in [1.54, 1.807) is 23.7 Å². The number of carbonyl (C=O) groups is 3. The smallest absolute Gasteiger partial charge is 0.246 e. The minimum absolute atomic E-state index is 0.0118. The number of aliphatic hydroxyl groups is 1. The Labute approximate surface area is 364 Å². The van der Waals surface area contributed by atoms with Gasteiger partial charge in [0.2, 0.25) is 23.6 Å². The van der Waals surface area contributed by atoms with E-state index in [0.29, 0.717) is 32.3 Å². The van der Waals surface area contributed by atoms with Gasteiger partial charge < -0.3 is 44.6 Å². The Kier molecular flexibility index (Phi) is 14.6. The van der Waals surface area contributed by atoms with Crippen molar-refractivity contribution in [3.05, 3.63) is 96.0 Å². The van der Waals surface area contributed by atoms with E-state index in [4.69, 9.17) is 18.9 Å². The zero-order valence-corrected chi connectivity index (χ0v) is 36.2. The number of H-pyrrole nitrogens is 1. The SMILES string of the molecule is Cc1ncsc1-c1ccc(CNC(=O)[C@@H]2C[C@@H](O)CN2C(=O)[C@@H](NC(=O)COCCOCCOCCOc2ccc(-c3ccc4c(c3)[nH]c3ccncc34)cn2)C(C)(C)C)cc1. The number of fused-ring (bicyclic) bond motifs is 3. The predicted molar refractivity (Wildman–Crippen MR) is 236 cm³/mol. The highest BCUT2D eigenvalue weighted by molar-refractivity contribution is 7.13. The number of hydrogen-bond donors (Lipinski definition) is 4. The number of likely N-dealkylation sites (tertiary alicyclic amines) is 1. The van der Waals surface area contributed by atoms with Crippen molar-refractivity contribution < 1.29 is 38.4 Å². The molecule has 3 atom stereocenters. The number of β-amino-alcohol motifs (C(OH)–C–C–N with tert-alkyl or cyclic N) is 1. The van der Waals surface area contributed by atoms with Gasteiger partial charge >= 0.3 is 0 Å². The van der Waals surface area contributed by atoms with Crippen LogP contribution in [-0.2, 0) is 35.1 Å². The lowest BCUT2D eigenvalue weighted by Gasteiger charge is -2.35. The van der Waals surface area contributed by atoms with E-state index >= 15 is 0 Å². The molecular weight excluding hydrogens is 811 g/mol. The molecule has 0 saturated carbocycles. The summed E-state index contributed by atoms with van der Waals surface area (Å²) in [5, 5.41) is 18.5. The lowest BCUT2D eigenvalue weighted by molar-refractivity contribution is -0.144. The van der Waals surface area contributed by atoms with Gasteiger partial charge in [0.05, 0.1) is 55.2 Å². The highest BCUT2D eigenvalue weighted by atomic mass is 32.1. The zero-order valence-electron chi connectivity index (χ0n) is 35.4. The number of carbonyl (C=O) groups excluding carboxylic acids is 3. The molecule has 1 aliphatic heterocycles. The molecule has 4 N–H and O–H groups in total. The van der Waals surface area contributed by atoms with Crippen LogP contribution < -0.4 is 15.4 Å². The molecule has 1 saturated heterocycles. The number of pyridine rings is 2. The zero-order chi connectivity index (χ0) is 43.6. The van der Waals surface area contributed by atoms with Gasteiger partial charge in [-0.1, -0.05) is 57.2 Å². The number of rotatable bonds is 19. The Morgan fingerprint density at radius 1 is 0.871 bits per heavy atom. The average Bonchev–Trinajstić information content (AvgIpc) is 3.99. The minimum Gasteiger partial charge on any atom is -0.475 e. The first-order chi connectivity index (χ1) is 29.9. The summed E-state index contributed by atoms with van der Waals surface area (Å²) in [4.78, 5) is 59.1. The fraction of sp³-hybridized carbons (Fsp3) is 0.391. The number of aromatic nitrogens is 4. The number of ether oxygens (including phenoxy) is 4. The van der Waals surface area contributed by atoms with Crippen molar-refractivity contribution in [1.29, 1.82) is 0 Å². The van der Waals surface area contributed by atoms with Gasteiger partial charge in [0.15, 0.2) is 0 Å². The summed E-state index contributed by atoms with van der Waals surface area (Å²) in [5.74, 6) is -0.784. The molecule has 15 nitrogen and oxygen atoms in total. The Morgan fingerprint density at radius 3 is 2.31 bits per heavy atom. The van der Waals surface area contributed by atoms with Crippen LogP contribution in [0.25, 0.3) is 43.4 Å². The van der Waals surface area contributed by atoms with Crippen LogP contribution in [0.15, 0.2) is 84.8 Å². The molecule has 1 fully saturated rings. The van der Waals surface area contributed by atoms with Crippen molar-refractivity contribution >= 4 is 50.9 Å². The van der Waals surface area contributed by atoms with E-state index in [9.17, 15) is 19.5 Å². The van der Waals surface area contributed by atoms with E-state index in [2.05, 4.69) is 48.8 Å². The second-order valence-electron chi connectivity index (χ2n) is 16.3. The lowest BCUT2D eigenvalue weighted by atomic mass is 9.85. The molecule has 326 valence electrons. The van der Waals surface area contributed by atoms with Crippen molar-refractivity contribution in [2.45, 2.75) is 58.8 Å². The third-order valence-corrected chi connectivity index (χ3v) is 11.6. The summed E-state index contributed by atoms with van der Waals surface area (Å²) in [5.41, 5.74) is 8.15. The molecular formula is C46H53N7O8S. The van der Waals surface area contributed by atoms with E-state index in [0.717, 1.165) is 54.6 Å². The first-order valence-electron chi connectivity index (χ1n) is 20.7. The van der Waals surface area contributed by atoms with E-state index in [1.807, 2.05) is 81.9 Å². The van der Waals surface area contributed by atoms with Gasteiger partial charge in [-0.3, -0.25) is 19.4 Å². The van der Waals surface area contributed by atoms with Gasteiger partial charge in [0, 0.05) is 71.5 Å². The summed E-state index contributed by atoms with van der Waals surface area (Å²) in [7, 11) is 0. The van der Waals surface area contributed by atoms with Gasteiger partial charge in [-0.25, -0.2) is 9.97 Å². The number of thiazole rings is 1. The summed E-state index contributed by atoms with van der Waals surface area (Å²) >= 11 is 1.57. The predicted octanol–water partition coefficient (Wildman–Crippen LogP) is 5.45. The van der Waals surface area contributed by atoms with E-state index < -0.39 is 35.4 Å². The maximum absolute atomic E-state index is 13.9. The molecule has 3 amide bonds. The Bertz CT molecular complexity index is 2450. The highest BCUT2D eigenvalue weighted by Gasteiger charge is 2.44. The van der Waals surface area contributed by atoms with Crippen LogP contribution in [-0.4, -0.2) is 119 Å². The number of hydrogen-bond acceptors (Lipinski definition) is 12. The van der Waals surface area contributed by atoms with Crippen LogP contribution in [0.3, 0.4) is 0 Å². The molecule has 7 rings (SSSR count). The minimum atomic E-state index is -0.959. The Balaban J connectivity index is 0.763. The van der Waals surface area contributed by atoms with Crippen LogP contribution in [0, 0.1) is 12.3 Å². The standard InChI is InChI=1S/C46H53N7O8S/c1-29-42(62-28-50-29)31-7-5-30(6-8-31)23-49-44(56)39-22-34(54)26-53(39)45(57)43(46(2,3)4)52-40(55)27-60-18-17-58-15-16-59-19-20-61-41-12-10-33(24-48-41)32-9-11-35-36-25-47-14-13-37(36)51-38(35)21-32/h5-14,21,24-25,28,34,39,43,51,54H,15-20,22-23,26-27H2,1-4H3,(H,49,56)(H,52,55)/t34-,39+,43-/m1/s1. The summed E-state index contributed by atoms with van der Waals surface area (Å²) in [6, 6.07) is 18.1. The molecule has 16 heteroatoms. The first-order valence-corrected chi connectivity index (χ1v) is 21.6. The maximum Gasteiger partial charge on any atom is 0.246 e. The Morgan fingerprint density at radius 2 is 1.60 bits per heavy atom. The number of benzene rings is 2. The molecule has 2 aromatic carbocycles. The molecule has 5 heterocycles. The fourth-order valence-electron chi connectivity index (χ4n) is 7.35. The molecule has 4 aromatic heterocycles. The summed E-state index contributed by atoms with van der Waals surface area (Å²) in [6.45, 7) is 9.20. The topological polar surface area (TPSA) is 190 Å². The van der Waals surface area contributed by atoms with Crippen LogP contribution in [0.1, 0.15) is 38.4 Å². The molecule has 0 unspecified atom stereocenters. The molecule has 6 aromatic rings. The molecule has 0 bridgehead atoms. The third-order valence-electron chi connectivity index (χ3n) is 10.6. The quantitative estimate of drug-likeness (QED) is 0.0759.